The van der Waals surface area contributed by atoms with Gasteiger partial charge in [-0.3, -0.25) is 4.79 Å². The summed E-state index contributed by atoms with van der Waals surface area (Å²) in [5.41, 5.74) is 1.64. The molecule has 7 heteroatoms. The van der Waals surface area contributed by atoms with E-state index in [1.165, 1.54) is 6.07 Å². The number of nitrogens with zero attached hydrogens (tertiary/aromatic N) is 4. The number of aromatic nitrogens is 3. The van der Waals surface area contributed by atoms with Crippen LogP contribution in [0.25, 0.3) is 0 Å². The van der Waals surface area contributed by atoms with Gasteiger partial charge in [-0.05, 0) is 43.2 Å². The number of amides is 1. The van der Waals surface area contributed by atoms with Crippen LogP contribution in [0.2, 0.25) is 0 Å². The largest absolute Gasteiger partial charge is 0.487 e. The van der Waals surface area contributed by atoms with Crippen LogP contribution in [-0.4, -0.2) is 38.9 Å². The first kappa shape index (κ1) is 18.2. The molecule has 1 saturated heterocycles. The number of para-hydroxylation sites is 1. The van der Waals surface area contributed by atoms with E-state index in [0.717, 1.165) is 17.9 Å². The molecule has 1 aliphatic heterocycles. The summed E-state index contributed by atoms with van der Waals surface area (Å²) in [6.07, 6.45) is 2.63. The summed E-state index contributed by atoms with van der Waals surface area (Å²) in [6, 6.07) is 14.2. The van der Waals surface area contributed by atoms with Crippen LogP contribution in [0.3, 0.4) is 0 Å². The molecule has 1 aromatic heterocycles. The number of carbonyl (C=O) groups is 1. The average molecular weight is 380 g/mol. The van der Waals surface area contributed by atoms with Crippen LogP contribution >= 0.6 is 0 Å². The first-order valence-electron chi connectivity index (χ1n) is 9.24. The van der Waals surface area contributed by atoms with Crippen molar-refractivity contribution in [2.45, 2.75) is 26.0 Å². The van der Waals surface area contributed by atoms with Crippen LogP contribution in [-0.2, 0) is 6.61 Å². The smallest absolute Gasteiger partial charge is 0.254 e. The lowest BCUT2D eigenvalue weighted by molar-refractivity contribution is 0.0786. The van der Waals surface area contributed by atoms with Gasteiger partial charge in [0.1, 0.15) is 23.9 Å². The van der Waals surface area contributed by atoms with Gasteiger partial charge in [0.15, 0.2) is 0 Å². The van der Waals surface area contributed by atoms with Crippen LogP contribution in [0, 0.1) is 12.7 Å². The fraction of sp³-hybridized carbons (Fsp3) is 0.286. The number of ether oxygens (including phenoxy) is 1. The van der Waals surface area contributed by atoms with Gasteiger partial charge in [-0.1, -0.05) is 29.5 Å². The second-order valence-electron chi connectivity index (χ2n) is 6.95. The van der Waals surface area contributed by atoms with Crippen molar-refractivity contribution in [2.24, 2.45) is 0 Å². The van der Waals surface area contributed by atoms with E-state index in [4.69, 9.17) is 4.74 Å². The number of benzene rings is 2. The predicted molar refractivity (Wildman–Crippen MR) is 101 cm³/mol. The Kier molecular flexibility index (Phi) is 5.06. The van der Waals surface area contributed by atoms with Crippen molar-refractivity contribution >= 4 is 5.91 Å². The van der Waals surface area contributed by atoms with Gasteiger partial charge in [0.2, 0.25) is 0 Å². The maximum Gasteiger partial charge on any atom is 0.254 e. The van der Waals surface area contributed by atoms with E-state index in [-0.39, 0.29) is 17.8 Å². The van der Waals surface area contributed by atoms with Crippen molar-refractivity contribution in [1.82, 2.24) is 19.9 Å². The topological polar surface area (TPSA) is 60.2 Å². The standard InChI is InChI=1S/C21H21FN4O2/c1-15-7-8-16(11-20(15)22)21(27)25-10-9-18(13-25)26-12-17(23-24-26)14-28-19-5-3-2-4-6-19/h2-8,11-12,18H,9-10,13-14H2,1H3. The van der Waals surface area contributed by atoms with Crippen molar-refractivity contribution in [3.63, 3.8) is 0 Å². The van der Waals surface area contributed by atoms with Crippen LogP contribution in [0.5, 0.6) is 5.75 Å². The predicted octanol–water partition coefficient (Wildman–Crippen LogP) is 3.39. The molecule has 1 unspecified atom stereocenters. The summed E-state index contributed by atoms with van der Waals surface area (Å²) in [5.74, 6) is 0.259. The molecule has 0 aliphatic carbocycles. The number of hydrogen-bond acceptors (Lipinski definition) is 4. The molecule has 0 N–H and O–H groups in total. The third kappa shape index (κ3) is 3.88. The van der Waals surface area contributed by atoms with E-state index in [1.54, 1.807) is 28.6 Å². The summed E-state index contributed by atoms with van der Waals surface area (Å²) in [4.78, 5) is 14.4. The van der Waals surface area contributed by atoms with E-state index in [1.807, 2.05) is 36.5 Å². The van der Waals surface area contributed by atoms with E-state index in [0.29, 0.717) is 30.8 Å². The maximum absolute atomic E-state index is 13.8. The molecule has 0 spiro atoms. The second kappa shape index (κ2) is 7.80. The zero-order valence-electron chi connectivity index (χ0n) is 15.6. The van der Waals surface area contributed by atoms with Gasteiger partial charge in [-0.2, -0.15) is 0 Å². The van der Waals surface area contributed by atoms with Gasteiger partial charge in [0.05, 0.1) is 12.2 Å². The van der Waals surface area contributed by atoms with Gasteiger partial charge in [0, 0.05) is 18.7 Å². The van der Waals surface area contributed by atoms with Crippen LogP contribution in [0.15, 0.2) is 54.7 Å². The highest BCUT2D eigenvalue weighted by Gasteiger charge is 2.29. The lowest BCUT2D eigenvalue weighted by Gasteiger charge is -2.16. The van der Waals surface area contributed by atoms with Gasteiger partial charge in [-0.15, -0.1) is 5.10 Å². The minimum Gasteiger partial charge on any atom is -0.487 e. The molecule has 0 bridgehead atoms. The number of hydrogen-bond donors (Lipinski definition) is 0. The molecule has 1 aliphatic rings. The molecule has 4 rings (SSSR count). The minimum atomic E-state index is -0.360. The van der Waals surface area contributed by atoms with Crippen molar-refractivity contribution in [3.8, 4) is 5.75 Å². The number of likely N-dealkylation sites (tertiary alicyclic amines) is 1. The Morgan fingerprint density at radius 2 is 2.07 bits per heavy atom. The third-order valence-electron chi connectivity index (χ3n) is 4.93. The van der Waals surface area contributed by atoms with Crippen molar-refractivity contribution in [2.75, 3.05) is 13.1 Å². The number of halogens is 1. The molecule has 1 atom stereocenters. The fourth-order valence-electron chi connectivity index (χ4n) is 3.28. The Balaban J connectivity index is 1.37. The Hall–Kier alpha value is -3.22. The highest BCUT2D eigenvalue weighted by atomic mass is 19.1. The molecular formula is C21H21FN4O2. The molecule has 6 nitrogen and oxygen atoms in total. The van der Waals surface area contributed by atoms with Crippen molar-refractivity contribution in [1.29, 1.82) is 0 Å². The number of carbonyl (C=O) groups excluding carboxylic acids is 1. The monoisotopic (exact) mass is 380 g/mol. The Morgan fingerprint density at radius 1 is 1.25 bits per heavy atom. The summed E-state index contributed by atoms with van der Waals surface area (Å²) >= 11 is 0. The van der Waals surface area contributed by atoms with E-state index in [9.17, 15) is 9.18 Å². The minimum absolute atomic E-state index is 0.0530. The molecule has 28 heavy (non-hydrogen) atoms. The Bertz CT molecular complexity index is 974. The zero-order valence-corrected chi connectivity index (χ0v) is 15.6. The average Bonchev–Trinajstić information content (AvgIpc) is 3.38. The first-order valence-corrected chi connectivity index (χ1v) is 9.24. The summed E-state index contributed by atoms with van der Waals surface area (Å²) in [6.45, 7) is 3.15. The zero-order chi connectivity index (χ0) is 19.5. The van der Waals surface area contributed by atoms with Gasteiger partial charge in [0.25, 0.3) is 5.91 Å². The van der Waals surface area contributed by atoms with Gasteiger partial charge >= 0.3 is 0 Å². The maximum atomic E-state index is 13.8. The van der Waals surface area contributed by atoms with E-state index < -0.39 is 0 Å². The number of aryl methyl sites for hydroxylation is 1. The molecular weight excluding hydrogens is 359 g/mol. The van der Waals surface area contributed by atoms with Crippen LogP contribution in [0.1, 0.15) is 34.1 Å². The Morgan fingerprint density at radius 3 is 2.86 bits per heavy atom. The molecule has 2 aromatic carbocycles. The first-order chi connectivity index (χ1) is 13.6. The quantitative estimate of drug-likeness (QED) is 0.681. The van der Waals surface area contributed by atoms with Gasteiger partial charge in [-0.25, -0.2) is 9.07 Å². The fourth-order valence-corrected chi connectivity index (χ4v) is 3.28. The highest BCUT2D eigenvalue weighted by Crippen LogP contribution is 2.23. The molecule has 1 amide bonds. The second-order valence-corrected chi connectivity index (χ2v) is 6.95. The van der Waals surface area contributed by atoms with Crippen molar-refractivity contribution in [3.05, 3.63) is 77.4 Å². The summed E-state index contributed by atoms with van der Waals surface area (Å²) in [5, 5.41) is 8.35. The lowest BCUT2D eigenvalue weighted by Crippen LogP contribution is -2.29. The lowest BCUT2D eigenvalue weighted by atomic mass is 10.1. The molecule has 0 saturated carbocycles. The highest BCUT2D eigenvalue weighted by molar-refractivity contribution is 5.94. The molecule has 0 radical (unpaired) electrons. The van der Waals surface area contributed by atoms with E-state index in [2.05, 4.69) is 10.3 Å². The molecule has 3 aromatic rings. The summed E-state index contributed by atoms with van der Waals surface area (Å²) < 4.78 is 21.2. The van der Waals surface area contributed by atoms with Crippen molar-refractivity contribution < 1.29 is 13.9 Å². The normalized spacial score (nSPS) is 16.4. The van der Waals surface area contributed by atoms with Gasteiger partial charge < -0.3 is 9.64 Å². The summed E-state index contributed by atoms with van der Waals surface area (Å²) in [7, 11) is 0. The third-order valence-corrected chi connectivity index (χ3v) is 4.93. The molecule has 1 fully saturated rings. The van der Waals surface area contributed by atoms with Crippen LogP contribution < -0.4 is 4.74 Å². The van der Waals surface area contributed by atoms with Crippen LogP contribution in [0.4, 0.5) is 4.39 Å². The SMILES string of the molecule is Cc1ccc(C(=O)N2CCC(n3cc(COc4ccccc4)nn3)C2)cc1F. The number of rotatable bonds is 5. The Labute approximate surface area is 162 Å². The van der Waals surface area contributed by atoms with E-state index >= 15 is 0 Å². The molecule has 144 valence electrons. The molecule has 2 heterocycles.